The molecular weight excluding hydrogens is 291 g/mol. The van der Waals surface area contributed by atoms with Crippen molar-refractivity contribution in [1.82, 2.24) is 0 Å². The van der Waals surface area contributed by atoms with Crippen LogP contribution in [0.2, 0.25) is 0 Å². The molecule has 0 aliphatic heterocycles. The van der Waals surface area contributed by atoms with E-state index in [4.69, 9.17) is 4.55 Å². The fourth-order valence-corrected chi connectivity index (χ4v) is 2.05. The predicted octanol–water partition coefficient (Wildman–Crippen LogP) is -0.471. The van der Waals surface area contributed by atoms with Crippen molar-refractivity contribution in [2.45, 2.75) is 4.90 Å². The molecule has 6 heteroatoms. The molecule has 0 aliphatic carbocycles. The zero-order chi connectivity index (χ0) is 13.2. The summed E-state index contributed by atoms with van der Waals surface area (Å²) >= 11 is 0. The molecule has 0 aliphatic rings. The zero-order valence-corrected chi connectivity index (χ0v) is 14.2. The summed E-state index contributed by atoms with van der Waals surface area (Å²) in [5.41, 5.74) is 2.25. The summed E-state index contributed by atoms with van der Waals surface area (Å²) in [7, 11) is -4.16. The monoisotopic (exact) mass is 302 g/mol. The van der Waals surface area contributed by atoms with Gasteiger partial charge in [-0.25, -0.2) is 0 Å². The Morgan fingerprint density at radius 1 is 0.895 bits per heavy atom. The Morgan fingerprint density at radius 3 is 1.68 bits per heavy atom. The van der Waals surface area contributed by atoms with Crippen LogP contribution < -0.4 is 51.4 Å². The van der Waals surface area contributed by atoms with Crippen LogP contribution in [0.4, 0.5) is 0 Å². The molecule has 2 aromatic carbocycles. The van der Waals surface area contributed by atoms with E-state index >= 15 is 0 Å². The van der Waals surface area contributed by atoms with E-state index in [1.54, 1.807) is 36.4 Å². The van der Waals surface area contributed by atoms with Crippen LogP contribution in [0, 0.1) is 0 Å². The summed E-state index contributed by atoms with van der Waals surface area (Å²) in [6, 6.07) is 12.8. The Balaban J connectivity index is 0.00000180. The minimum absolute atomic E-state index is 0. The number of rotatable bonds is 3. The largest absolute Gasteiger partial charge is 1.00 e. The van der Waals surface area contributed by atoms with Crippen LogP contribution in [0.1, 0.15) is 11.8 Å². The van der Waals surface area contributed by atoms with Gasteiger partial charge in [-0.1, -0.05) is 36.4 Å². The fourth-order valence-electron chi connectivity index (χ4n) is 1.57. The van der Waals surface area contributed by atoms with Crippen LogP contribution >= 0.6 is 0 Å². The average Bonchev–Trinajstić information content (AvgIpc) is 2.38. The molecule has 0 saturated heterocycles. The number of carbonyl (C=O) groups is 1. The van der Waals surface area contributed by atoms with Gasteiger partial charge in [-0.3, -0.25) is 9.35 Å². The second kappa shape index (κ2) is 6.89. The second-order valence-corrected chi connectivity index (χ2v) is 5.16. The van der Waals surface area contributed by atoms with Gasteiger partial charge in [0.05, 0.1) is 4.90 Å². The quantitative estimate of drug-likeness (QED) is 0.473. The first kappa shape index (κ1) is 16.7. The molecule has 0 atom stereocenters. The van der Waals surface area contributed by atoms with Crippen LogP contribution in [0.25, 0.3) is 11.1 Å². The molecule has 2 aromatic rings. The van der Waals surface area contributed by atoms with Crippen molar-refractivity contribution in [3.05, 3.63) is 54.1 Å². The van der Waals surface area contributed by atoms with Crippen molar-refractivity contribution >= 4 is 16.4 Å². The Bertz CT molecular complexity index is 667. The van der Waals surface area contributed by atoms with Gasteiger partial charge >= 0.3 is 51.4 Å². The number of hydrogen-bond donors (Lipinski definition) is 1. The summed E-state index contributed by atoms with van der Waals surface area (Å²) < 4.78 is 30.6. The minimum Gasteiger partial charge on any atom is -1.00 e. The summed E-state index contributed by atoms with van der Waals surface area (Å²) in [5, 5.41) is 0. The van der Waals surface area contributed by atoms with E-state index in [0.717, 1.165) is 17.4 Å². The van der Waals surface area contributed by atoms with E-state index in [1.807, 2.05) is 0 Å². The van der Waals surface area contributed by atoms with E-state index in [2.05, 4.69) is 0 Å². The third-order valence-electron chi connectivity index (χ3n) is 2.53. The van der Waals surface area contributed by atoms with Gasteiger partial charge in [0.1, 0.15) is 6.29 Å². The molecule has 0 heterocycles. The van der Waals surface area contributed by atoms with Crippen molar-refractivity contribution in [2.24, 2.45) is 0 Å². The van der Waals surface area contributed by atoms with E-state index in [1.165, 1.54) is 12.1 Å². The molecule has 0 spiro atoms. The summed E-state index contributed by atoms with van der Waals surface area (Å²) in [6.45, 7) is 0. The third-order valence-corrected chi connectivity index (χ3v) is 3.40. The fraction of sp³-hybridized carbons (Fsp3) is 0. The molecule has 0 amide bonds. The maximum absolute atomic E-state index is 10.9. The van der Waals surface area contributed by atoms with Crippen LogP contribution in [0.5, 0.6) is 0 Å². The average molecular weight is 302 g/mol. The van der Waals surface area contributed by atoms with Gasteiger partial charge in [-0.2, -0.15) is 8.42 Å². The summed E-state index contributed by atoms with van der Waals surface area (Å²) in [6.07, 6.45) is 0.755. The van der Waals surface area contributed by atoms with E-state index in [9.17, 15) is 13.2 Å². The normalized spacial score (nSPS) is 10.6. The molecule has 94 valence electrons. The van der Waals surface area contributed by atoms with Gasteiger partial charge in [0.2, 0.25) is 0 Å². The van der Waals surface area contributed by atoms with E-state index in [-0.39, 0.29) is 57.7 Å². The van der Waals surface area contributed by atoms with Gasteiger partial charge in [0.25, 0.3) is 10.1 Å². The molecule has 1 N–H and O–H groups in total. The minimum atomic E-state index is -4.16. The molecule has 2 rings (SSSR count). The molecule has 0 fully saturated rings. The number of aldehydes is 1. The number of hydrogen-bond acceptors (Lipinski definition) is 3. The first-order chi connectivity index (χ1) is 8.50. The van der Waals surface area contributed by atoms with Crippen molar-refractivity contribution in [1.29, 1.82) is 0 Å². The van der Waals surface area contributed by atoms with Crippen molar-refractivity contribution in [2.75, 3.05) is 0 Å². The first-order valence-corrected chi connectivity index (χ1v) is 6.58. The smallest absolute Gasteiger partial charge is 1.00 e. The van der Waals surface area contributed by atoms with Gasteiger partial charge in [-0.05, 0) is 23.3 Å². The van der Waals surface area contributed by atoms with Crippen molar-refractivity contribution < 1.29 is 70.6 Å². The molecule has 19 heavy (non-hydrogen) atoms. The Hall–Kier alpha value is -0.344. The number of benzene rings is 2. The molecule has 0 bridgehead atoms. The maximum atomic E-state index is 10.9. The Morgan fingerprint density at radius 2 is 1.32 bits per heavy atom. The Labute approximate surface area is 155 Å². The van der Waals surface area contributed by atoms with E-state index < -0.39 is 10.1 Å². The zero-order valence-electron chi connectivity index (χ0n) is 11.3. The van der Waals surface area contributed by atoms with Crippen molar-refractivity contribution in [3.63, 3.8) is 0 Å². The van der Waals surface area contributed by atoms with Gasteiger partial charge in [0, 0.05) is 5.56 Å². The van der Waals surface area contributed by atoms with Gasteiger partial charge in [0.15, 0.2) is 0 Å². The van der Waals surface area contributed by atoms with Crippen LogP contribution in [0.15, 0.2) is 53.4 Å². The SMILES string of the molecule is O=Cc1ccc(-c2ccc(S(=O)(=O)O)cc2)cc1.[H-].[K+]. The van der Waals surface area contributed by atoms with Crippen molar-refractivity contribution in [3.8, 4) is 11.1 Å². The number of carbonyl (C=O) groups excluding carboxylic acids is 1. The van der Waals surface area contributed by atoms with Crippen LogP contribution in [-0.4, -0.2) is 19.3 Å². The summed E-state index contributed by atoms with van der Waals surface area (Å²) in [4.78, 5) is 10.4. The molecule has 0 radical (unpaired) electrons. The topological polar surface area (TPSA) is 71.4 Å². The molecule has 0 aromatic heterocycles. The summed E-state index contributed by atoms with van der Waals surface area (Å²) in [5.74, 6) is 0. The molecular formula is C13H11KO4S. The van der Waals surface area contributed by atoms with E-state index in [0.29, 0.717) is 5.56 Å². The molecule has 0 saturated carbocycles. The van der Waals surface area contributed by atoms with Gasteiger partial charge < -0.3 is 1.43 Å². The van der Waals surface area contributed by atoms with Crippen LogP contribution in [0.3, 0.4) is 0 Å². The molecule has 0 unspecified atom stereocenters. The Kier molecular flexibility index (Phi) is 6.06. The predicted molar refractivity (Wildman–Crippen MR) is 68.2 cm³/mol. The first-order valence-electron chi connectivity index (χ1n) is 5.14. The van der Waals surface area contributed by atoms with Crippen LogP contribution in [-0.2, 0) is 10.1 Å². The second-order valence-electron chi connectivity index (χ2n) is 3.74. The maximum Gasteiger partial charge on any atom is 1.00 e. The van der Waals surface area contributed by atoms with Gasteiger partial charge in [-0.15, -0.1) is 0 Å². The standard InChI is InChI=1S/C13H10O4S.K.H/c14-9-10-1-3-11(4-2-10)12-5-7-13(8-6-12)18(15,16)17;;/h1-9H,(H,15,16,17);;/q;+1;-1. The third kappa shape index (κ3) is 4.32. The molecule has 4 nitrogen and oxygen atoms in total.